The third-order valence-electron chi connectivity index (χ3n) is 2.75. The molecule has 0 atom stereocenters. The van der Waals surface area contributed by atoms with Gasteiger partial charge >= 0.3 is 0 Å². The topological polar surface area (TPSA) is 12.5 Å². The van der Waals surface area contributed by atoms with Gasteiger partial charge in [-0.05, 0) is 31.0 Å². The summed E-state index contributed by atoms with van der Waals surface area (Å²) in [6, 6.07) is 4.86. The van der Waals surface area contributed by atoms with Crippen LogP contribution in [0.5, 0.6) is 5.75 Å². The number of nitrogens with zero attached hydrogens (tertiary/aromatic N) is 1. The molecule has 2 rings (SSSR count). The fourth-order valence-electron chi connectivity index (χ4n) is 1.84. The largest absolute Gasteiger partial charge is 0.475 e. The lowest BCUT2D eigenvalue weighted by Crippen LogP contribution is -2.33. The second-order valence-electron chi connectivity index (χ2n) is 4.03. The zero-order valence-corrected chi connectivity index (χ0v) is 10.7. The average Bonchev–Trinajstić information content (AvgIpc) is 2.29. The van der Waals surface area contributed by atoms with Gasteiger partial charge in [-0.2, -0.15) is 0 Å². The van der Waals surface area contributed by atoms with E-state index in [2.05, 4.69) is 20.8 Å². The van der Waals surface area contributed by atoms with Crippen molar-refractivity contribution in [3.63, 3.8) is 0 Å². The molecule has 0 amide bonds. The van der Waals surface area contributed by atoms with E-state index < -0.39 is 0 Å². The van der Waals surface area contributed by atoms with E-state index in [1.807, 2.05) is 0 Å². The molecule has 1 aromatic rings. The Kier molecular flexibility index (Phi) is 4.18. The fraction of sp³-hybridized carbons (Fsp3) is 0.500. The zero-order chi connectivity index (χ0) is 11.4. The molecular formula is C12H15BrFNO. The first-order chi connectivity index (χ1) is 7.75. The number of ether oxygens (including phenoxy) is 1. The predicted octanol–water partition coefficient (Wildman–Crippen LogP) is 3.41. The van der Waals surface area contributed by atoms with Crippen molar-refractivity contribution in [3.8, 4) is 5.75 Å². The molecule has 1 fully saturated rings. The number of likely N-dealkylation sites (tertiary alicyclic amines) is 1. The first-order valence-corrected chi connectivity index (χ1v) is 6.35. The monoisotopic (exact) mass is 287 g/mol. The van der Waals surface area contributed by atoms with Crippen LogP contribution in [0.15, 0.2) is 22.7 Å². The Morgan fingerprint density at radius 2 is 2.00 bits per heavy atom. The van der Waals surface area contributed by atoms with E-state index in [9.17, 15) is 4.39 Å². The van der Waals surface area contributed by atoms with Gasteiger partial charge < -0.3 is 4.74 Å². The second-order valence-corrected chi connectivity index (χ2v) is 4.94. The van der Waals surface area contributed by atoms with Crippen molar-refractivity contribution in [2.45, 2.75) is 19.3 Å². The molecule has 1 aromatic carbocycles. The normalized spacial score (nSPS) is 17.4. The van der Waals surface area contributed by atoms with Crippen molar-refractivity contribution in [3.05, 3.63) is 28.5 Å². The Morgan fingerprint density at radius 1 is 1.25 bits per heavy atom. The van der Waals surface area contributed by atoms with Crippen molar-refractivity contribution >= 4 is 15.9 Å². The van der Waals surface area contributed by atoms with Crippen LogP contribution in [0, 0.1) is 5.82 Å². The predicted molar refractivity (Wildman–Crippen MR) is 65.0 cm³/mol. The van der Waals surface area contributed by atoms with Crippen molar-refractivity contribution in [1.82, 2.24) is 4.90 Å². The SMILES string of the molecule is Fc1cc(Br)ccc1OCN1CCCCC1. The van der Waals surface area contributed by atoms with E-state index in [-0.39, 0.29) is 5.82 Å². The molecule has 1 saturated heterocycles. The van der Waals surface area contributed by atoms with Gasteiger partial charge in [-0.15, -0.1) is 0 Å². The summed E-state index contributed by atoms with van der Waals surface area (Å²) in [5, 5.41) is 0. The molecule has 1 aliphatic heterocycles. The maximum atomic E-state index is 13.4. The molecule has 0 aromatic heterocycles. The maximum Gasteiger partial charge on any atom is 0.166 e. The van der Waals surface area contributed by atoms with Crippen LogP contribution < -0.4 is 4.74 Å². The third kappa shape index (κ3) is 3.19. The quantitative estimate of drug-likeness (QED) is 0.845. The van der Waals surface area contributed by atoms with Crippen LogP contribution in [0.3, 0.4) is 0 Å². The van der Waals surface area contributed by atoms with Crippen LogP contribution >= 0.6 is 15.9 Å². The van der Waals surface area contributed by atoms with Gasteiger partial charge in [0, 0.05) is 17.6 Å². The summed E-state index contributed by atoms with van der Waals surface area (Å²) in [4.78, 5) is 2.21. The van der Waals surface area contributed by atoms with Gasteiger partial charge in [-0.1, -0.05) is 22.4 Å². The lowest BCUT2D eigenvalue weighted by Gasteiger charge is -2.26. The highest BCUT2D eigenvalue weighted by atomic mass is 79.9. The van der Waals surface area contributed by atoms with Gasteiger partial charge in [0.25, 0.3) is 0 Å². The standard InChI is InChI=1S/C12H15BrFNO/c13-10-4-5-12(11(14)8-10)16-9-15-6-2-1-3-7-15/h4-5,8H,1-3,6-7,9H2. The average molecular weight is 288 g/mol. The Labute approximate surface area is 104 Å². The highest BCUT2D eigenvalue weighted by Crippen LogP contribution is 2.21. The minimum absolute atomic E-state index is 0.314. The van der Waals surface area contributed by atoms with Crippen LogP contribution in [-0.4, -0.2) is 24.7 Å². The molecule has 0 unspecified atom stereocenters. The van der Waals surface area contributed by atoms with Gasteiger partial charge in [-0.3, -0.25) is 4.90 Å². The third-order valence-corrected chi connectivity index (χ3v) is 3.24. The van der Waals surface area contributed by atoms with E-state index in [0.717, 1.165) is 17.6 Å². The van der Waals surface area contributed by atoms with E-state index in [1.165, 1.54) is 25.3 Å². The van der Waals surface area contributed by atoms with Gasteiger partial charge in [0.1, 0.15) is 6.73 Å². The first-order valence-electron chi connectivity index (χ1n) is 5.56. The van der Waals surface area contributed by atoms with E-state index in [4.69, 9.17) is 4.74 Å². The maximum absolute atomic E-state index is 13.4. The number of piperidine rings is 1. The van der Waals surface area contributed by atoms with Gasteiger partial charge in [-0.25, -0.2) is 4.39 Å². The number of halogens is 2. The highest BCUT2D eigenvalue weighted by molar-refractivity contribution is 9.10. The number of benzene rings is 1. The second kappa shape index (κ2) is 5.64. The lowest BCUT2D eigenvalue weighted by molar-refractivity contribution is 0.103. The Morgan fingerprint density at radius 3 is 2.69 bits per heavy atom. The molecule has 0 aliphatic carbocycles. The van der Waals surface area contributed by atoms with E-state index in [1.54, 1.807) is 12.1 Å². The summed E-state index contributed by atoms with van der Waals surface area (Å²) < 4.78 is 19.6. The van der Waals surface area contributed by atoms with Crippen LogP contribution in [0.2, 0.25) is 0 Å². The lowest BCUT2D eigenvalue weighted by atomic mass is 10.1. The van der Waals surface area contributed by atoms with Crippen molar-refractivity contribution in [2.75, 3.05) is 19.8 Å². The van der Waals surface area contributed by atoms with Crippen molar-refractivity contribution in [2.24, 2.45) is 0 Å². The number of hydrogen-bond acceptors (Lipinski definition) is 2. The molecule has 4 heteroatoms. The van der Waals surface area contributed by atoms with E-state index >= 15 is 0 Å². The summed E-state index contributed by atoms with van der Waals surface area (Å²) in [7, 11) is 0. The van der Waals surface area contributed by atoms with Crippen LogP contribution in [0.1, 0.15) is 19.3 Å². The molecule has 16 heavy (non-hydrogen) atoms. The minimum Gasteiger partial charge on any atom is -0.475 e. The smallest absolute Gasteiger partial charge is 0.166 e. The Bertz CT molecular complexity index is 353. The highest BCUT2D eigenvalue weighted by Gasteiger charge is 2.11. The summed E-state index contributed by atoms with van der Waals surface area (Å²) in [5.74, 6) is 0.0140. The minimum atomic E-state index is -0.314. The fourth-order valence-corrected chi connectivity index (χ4v) is 2.17. The summed E-state index contributed by atoms with van der Waals surface area (Å²) in [5.41, 5.74) is 0. The first kappa shape index (κ1) is 11.9. The number of hydrogen-bond donors (Lipinski definition) is 0. The summed E-state index contributed by atoms with van der Waals surface area (Å²) >= 11 is 3.22. The van der Waals surface area contributed by atoms with Crippen LogP contribution in [0.25, 0.3) is 0 Å². The molecule has 2 nitrogen and oxygen atoms in total. The summed E-state index contributed by atoms with van der Waals surface area (Å²) in [6.07, 6.45) is 3.72. The van der Waals surface area contributed by atoms with Crippen LogP contribution in [-0.2, 0) is 0 Å². The Balaban J connectivity index is 1.88. The molecular weight excluding hydrogens is 273 g/mol. The molecule has 1 aliphatic rings. The van der Waals surface area contributed by atoms with Gasteiger partial charge in [0.05, 0.1) is 0 Å². The summed E-state index contributed by atoms with van der Waals surface area (Å²) in [6.45, 7) is 2.59. The molecule has 0 bridgehead atoms. The van der Waals surface area contributed by atoms with E-state index in [0.29, 0.717) is 12.5 Å². The molecule has 0 N–H and O–H groups in total. The zero-order valence-electron chi connectivity index (χ0n) is 9.09. The molecule has 0 saturated carbocycles. The number of rotatable bonds is 3. The van der Waals surface area contributed by atoms with Crippen molar-refractivity contribution < 1.29 is 9.13 Å². The molecule has 1 heterocycles. The van der Waals surface area contributed by atoms with Crippen molar-refractivity contribution in [1.29, 1.82) is 0 Å². The van der Waals surface area contributed by atoms with Gasteiger partial charge in [0.2, 0.25) is 0 Å². The van der Waals surface area contributed by atoms with Gasteiger partial charge in [0.15, 0.2) is 11.6 Å². The Hall–Kier alpha value is -0.610. The van der Waals surface area contributed by atoms with Crippen LogP contribution in [0.4, 0.5) is 4.39 Å². The molecule has 0 radical (unpaired) electrons. The molecule has 88 valence electrons. The molecule has 0 spiro atoms.